The number of carbonyl (C=O) groups is 1. The Balaban J connectivity index is 1.88. The standard InChI is InChI=1S/C19H24N4O2/c1-4-5-10-25-22-19(24)18-11-15(16-12-20-23(3)13(16)2)14-8-6-7-9-17(14)21-18/h6-9,11-12,18,21H,4-5,10H2,1-3H3,(H,22,24). The van der Waals surface area contributed by atoms with Gasteiger partial charge in [-0.3, -0.25) is 14.3 Å². The molecule has 132 valence electrons. The summed E-state index contributed by atoms with van der Waals surface area (Å²) in [6, 6.07) is 7.48. The van der Waals surface area contributed by atoms with E-state index in [1.165, 1.54) is 0 Å². The predicted octanol–water partition coefficient (Wildman–Crippen LogP) is 2.80. The highest BCUT2D eigenvalue weighted by Gasteiger charge is 2.26. The van der Waals surface area contributed by atoms with Crippen molar-refractivity contribution < 1.29 is 9.63 Å². The van der Waals surface area contributed by atoms with Crippen molar-refractivity contribution in [2.75, 3.05) is 11.9 Å². The van der Waals surface area contributed by atoms with Crippen molar-refractivity contribution in [3.8, 4) is 0 Å². The number of anilines is 1. The van der Waals surface area contributed by atoms with Gasteiger partial charge in [0.2, 0.25) is 0 Å². The molecule has 2 heterocycles. The van der Waals surface area contributed by atoms with Crippen molar-refractivity contribution in [1.82, 2.24) is 15.3 Å². The molecule has 2 N–H and O–H groups in total. The van der Waals surface area contributed by atoms with Gasteiger partial charge in [-0.25, -0.2) is 5.48 Å². The maximum Gasteiger partial charge on any atom is 0.270 e. The zero-order valence-corrected chi connectivity index (χ0v) is 14.9. The van der Waals surface area contributed by atoms with Crippen molar-refractivity contribution in [2.45, 2.75) is 32.7 Å². The third-order valence-electron chi connectivity index (χ3n) is 4.44. The molecule has 1 atom stereocenters. The maximum absolute atomic E-state index is 12.5. The van der Waals surface area contributed by atoms with Gasteiger partial charge in [0.15, 0.2) is 0 Å². The monoisotopic (exact) mass is 340 g/mol. The van der Waals surface area contributed by atoms with E-state index >= 15 is 0 Å². The van der Waals surface area contributed by atoms with E-state index in [2.05, 4.69) is 22.8 Å². The molecule has 25 heavy (non-hydrogen) atoms. The normalized spacial score (nSPS) is 16.0. The number of nitrogens with zero attached hydrogens (tertiary/aromatic N) is 2. The Kier molecular flexibility index (Phi) is 5.19. The van der Waals surface area contributed by atoms with Crippen molar-refractivity contribution in [1.29, 1.82) is 0 Å². The minimum Gasteiger partial charge on any atom is -0.370 e. The Morgan fingerprint density at radius 1 is 1.36 bits per heavy atom. The number of rotatable bonds is 6. The van der Waals surface area contributed by atoms with Gasteiger partial charge in [0.1, 0.15) is 6.04 Å². The Hall–Kier alpha value is -2.60. The smallest absolute Gasteiger partial charge is 0.270 e. The number of aryl methyl sites for hydroxylation is 1. The molecule has 6 nitrogen and oxygen atoms in total. The summed E-state index contributed by atoms with van der Waals surface area (Å²) in [5.41, 5.74) is 7.63. The topological polar surface area (TPSA) is 68.2 Å². The van der Waals surface area contributed by atoms with Crippen molar-refractivity contribution in [3.05, 3.63) is 53.4 Å². The van der Waals surface area contributed by atoms with Crippen LogP contribution in [0.15, 0.2) is 36.5 Å². The second-order valence-corrected chi connectivity index (χ2v) is 6.18. The fraction of sp³-hybridized carbons (Fsp3) is 0.368. The maximum atomic E-state index is 12.5. The lowest BCUT2D eigenvalue weighted by Gasteiger charge is -2.25. The van der Waals surface area contributed by atoms with E-state index in [1.54, 1.807) is 0 Å². The van der Waals surface area contributed by atoms with Gasteiger partial charge in [-0.05, 0) is 31.1 Å². The molecule has 1 aliphatic heterocycles. The molecule has 0 saturated carbocycles. The molecule has 2 aromatic rings. The zero-order valence-electron chi connectivity index (χ0n) is 14.9. The van der Waals surface area contributed by atoms with Gasteiger partial charge in [-0.2, -0.15) is 5.10 Å². The highest BCUT2D eigenvalue weighted by Crippen LogP contribution is 2.35. The third kappa shape index (κ3) is 3.58. The summed E-state index contributed by atoms with van der Waals surface area (Å²) in [4.78, 5) is 17.7. The number of carbonyl (C=O) groups excluding carboxylic acids is 1. The first-order valence-corrected chi connectivity index (χ1v) is 8.60. The molecule has 6 heteroatoms. The molecular formula is C19H24N4O2. The fourth-order valence-electron chi connectivity index (χ4n) is 2.85. The lowest BCUT2D eigenvalue weighted by Crippen LogP contribution is -2.40. The Morgan fingerprint density at radius 3 is 2.88 bits per heavy atom. The van der Waals surface area contributed by atoms with Gasteiger partial charge in [-0.1, -0.05) is 31.5 Å². The molecule has 0 spiro atoms. The van der Waals surface area contributed by atoms with Crippen LogP contribution in [-0.2, 0) is 16.7 Å². The Morgan fingerprint density at radius 2 is 2.16 bits per heavy atom. The third-order valence-corrected chi connectivity index (χ3v) is 4.44. The van der Waals surface area contributed by atoms with Crippen molar-refractivity contribution in [3.63, 3.8) is 0 Å². The SMILES string of the molecule is CCCCONC(=O)C1C=C(c2cnn(C)c2C)c2ccccc2N1. The summed E-state index contributed by atoms with van der Waals surface area (Å²) >= 11 is 0. The van der Waals surface area contributed by atoms with Gasteiger partial charge in [0.25, 0.3) is 5.91 Å². The molecule has 1 unspecified atom stereocenters. The number of hydroxylamine groups is 1. The van der Waals surface area contributed by atoms with Gasteiger partial charge in [0.05, 0.1) is 12.8 Å². The number of hydrogen-bond donors (Lipinski definition) is 2. The highest BCUT2D eigenvalue weighted by molar-refractivity contribution is 5.97. The van der Waals surface area contributed by atoms with Gasteiger partial charge >= 0.3 is 0 Å². The quantitative estimate of drug-likeness (QED) is 0.627. The number of unbranched alkanes of at least 4 members (excludes halogenated alkanes) is 1. The van der Waals surface area contributed by atoms with E-state index in [1.807, 2.05) is 55.2 Å². The average molecular weight is 340 g/mol. The average Bonchev–Trinajstić information content (AvgIpc) is 2.96. The van der Waals surface area contributed by atoms with Gasteiger partial charge in [0, 0.05) is 29.6 Å². The second kappa shape index (κ2) is 7.53. The highest BCUT2D eigenvalue weighted by atomic mass is 16.6. The first kappa shape index (κ1) is 17.2. The Labute approximate surface area is 147 Å². The van der Waals surface area contributed by atoms with Crippen LogP contribution in [0.1, 0.15) is 36.6 Å². The molecule has 0 aliphatic carbocycles. The first-order chi connectivity index (χ1) is 12.1. The van der Waals surface area contributed by atoms with E-state index in [4.69, 9.17) is 4.84 Å². The van der Waals surface area contributed by atoms with Crippen LogP contribution in [0, 0.1) is 6.92 Å². The van der Waals surface area contributed by atoms with Crippen LogP contribution >= 0.6 is 0 Å². The summed E-state index contributed by atoms with van der Waals surface area (Å²) < 4.78 is 1.84. The summed E-state index contributed by atoms with van der Waals surface area (Å²) in [5, 5.41) is 7.60. The zero-order chi connectivity index (χ0) is 17.8. The molecule has 0 fully saturated rings. The summed E-state index contributed by atoms with van der Waals surface area (Å²) in [7, 11) is 1.91. The summed E-state index contributed by atoms with van der Waals surface area (Å²) in [6.07, 6.45) is 5.72. The van der Waals surface area contributed by atoms with E-state index in [9.17, 15) is 4.79 Å². The number of fused-ring (bicyclic) bond motifs is 1. The van der Waals surface area contributed by atoms with E-state index in [0.29, 0.717) is 6.61 Å². The van der Waals surface area contributed by atoms with Crippen LogP contribution in [0.2, 0.25) is 0 Å². The Bertz CT molecular complexity index is 794. The molecule has 1 amide bonds. The molecule has 0 saturated heterocycles. The first-order valence-electron chi connectivity index (χ1n) is 8.60. The van der Waals surface area contributed by atoms with Crippen LogP contribution in [0.25, 0.3) is 5.57 Å². The van der Waals surface area contributed by atoms with E-state index in [-0.39, 0.29) is 5.91 Å². The molecule has 0 bridgehead atoms. The van der Waals surface area contributed by atoms with E-state index < -0.39 is 6.04 Å². The summed E-state index contributed by atoms with van der Waals surface area (Å²) in [5.74, 6) is -0.204. The van der Waals surface area contributed by atoms with Crippen LogP contribution in [-0.4, -0.2) is 28.3 Å². The lowest BCUT2D eigenvalue weighted by atomic mass is 9.91. The number of para-hydroxylation sites is 1. The lowest BCUT2D eigenvalue weighted by molar-refractivity contribution is -0.133. The van der Waals surface area contributed by atoms with Crippen LogP contribution in [0.3, 0.4) is 0 Å². The van der Waals surface area contributed by atoms with Crippen LogP contribution < -0.4 is 10.8 Å². The van der Waals surface area contributed by atoms with Gasteiger partial charge < -0.3 is 5.32 Å². The molecule has 1 aromatic carbocycles. The number of nitrogens with one attached hydrogen (secondary N) is 2. The number of benzene rings is 1. The number of hydrogen-bond acceptors (Lipinski definition) is 4. The van der Waals surface area contributed by atoms with Crippen LogP contribution in [0.5, 0.6) is 0 Å². The number of aromatic nitrogens is 2. The predicted molar refractivity (Wildman–Crippen MR) is 97.9 cm³/mol. The summed E-state index contributed by atoms with van der Waals surface area (Å²) in [6.45, 7) is 4.62. The van der Waals surface area contributed by atoms with Gasteiger partial charge in [-0.15, -0.1) is 0 Å². The van der Waals surface area contributed by atoms with E-state index in [0.717, 1.165) is 40.9 Å². The molecule has 0 radical (unpaired) electrons. The molecular weight excluding hydrogens is 316 g/mol. The second-order valence-electron chi connectivity index (χ2n) is 6.18. The minimum absolute atomic E-state index is 0.204. The number of amides is 1. The molecule has 1 aromatic heterocycles. The fourth-order valence-corrected chi connectivity index (χ4v) is 2.85. The minimum atomic E-state index is -0.494. The van der Waals surface area contributed by atoms with Crippen molar-refractivity contribution in [2.24, 2.45) is 7.05 Å². The van der Waals surface area contributed by atoms with Crippen molar-refractivity contribution >= 4 is 17.2 Å². The largest absolute Gasteiger partial charge is 0.370 e. The molecule has 3 rings (SSSR count). The van der Waals surface area contributed by atoms with Crippen LogP contribution in [0.4, 0.5) is 5.69 Å². The molecule has 1 aliphatic rings.